The third-order valence-corrected chi connectivity index (χ3v) is 2.08. The Morgan fingerprint density at radius 1 is 1.33 bits per heavy atom. The normalized spacial score (nSPS) is 10.7. The Morgan fingerprint density at radius 2 is 2.07 bits per heavy atom. The first-order valence-corrected chi connectivity index (χ1v) is 5.17. The van der Waals surface area contributed by atoms with Gasteiger partial charge in [-0.05, 0) is 38.5 Å². The second kappa shape index (κ2) is 5.44. The predicted molar refractivity (Wildman–Crippen MR) is 63.6 cm³/mol. The van der Waals surface area contributed by atoms with Crippen molar-refractivity contribution in [3.8, 4) is 11.5 Å². The molecule has 0 saturated heterocycles. The molecule has 2 nitrogen and oxygen atoms in total. The minimum atomic E-state index is 0.648. The molecule has 0 spiro atoms. The molecule has 0 aliphatic rings. The minimum Gasteiger partial charge on any atom is -0.492 e. The number of allylic oxidation sites excluding steroid dienone is 1. The first-order valence-electron chi connectivity index (χ1n) is 5.17. The second-order valence-corrected chi connectivity index (χ2v) is 3.32. The van der Waals surface area contributed by atoms with Gasteiger partial charge in [-0.15, -0.1) is 0 Å². The summed E-state index contributed by atoms with van der Waals surface area (Å²) in [4.78, 5) is 0. The molecule has 0 N–H and O–H groups in total. The Hall–Kier alpha value is -1.44. The molecule has 0 saturated carbocycles. The molecule has 2 heteroatoms. The Morgan fingerprint density at radius 3 is 2.60 bits per heavy atom. The van der Waals surface area contributed by atoms with Crippen molar-refractivity contribution in [1.29, 1.82) is 0 Å². The summed E-state index contributed by atoms with van der Waals surface area (Å²) in [7, 11) is 1.67. The molecule has 0 atom stereocenters. The van der Waals surface area contributed by atoms with Crippen LogP contribution in [0.1, 0.15) is 25.0 Å². The summed E-state index contributed by atoms with van der Waals surface area (Å²) < 4.78 is 10.9. The van der Waals surface area contributed by atoms with Crippen LogP contribution in [-0.4, -0.2) is 13.7 Å². The van der Waals surface area contributed by atoms with Gasteiger partial charge in [0.2, 0.25) is 0 Å². The number of aryl methyl sites for hydroxylation is 1. The van der Waals surface area contributed by atoms with Gasteiger partial charge in [-0.3, -0.25) is 0 Å². The highest BCUT2D eigenvalue weighted by molar-refractivity contribution is 5.63. The zero-order valence-electron chi connectivity index (χ0n) is 9.83. The Balaban J connectivity index is 3.24. The minimum absolute atomic E-state index is 0.648. The molecule has 0 heterocycles. The second-order valence-electron chi connectivity index (χ2n) is 3.32. The van der Waals surface area contributed by atoms with Crippen molar-refractivity contribution >= 4 is 6.08 Å². The van der Waals surface area contributed by atoms with Crippen LogP contribution in [0.25, 0.3) is 6.08 Å². The molecule has 0 aromatic heterocycles. The van der Waals surface area contributed by atoms with E-state index in [1.54, 1.807) is 7.11 Å². The molecular formula is C13H18O2. The number of methoxy groups -OCH3 is 1. The summed E-state index contributed by atoms with van der Waals surface area (Å²) in [6.45, 7) is 6.66. The topological polar surface area (TPSA) is 18.5 Å². The Bertz CT molecular complexity index is 354. The fourth-order valence-electron chi connectivity index (χ4n) is 1.55. The van der Waals surface area contributed by atoms with Crippen LogP contribution in [0.15, 0.2) is 18.2 Å². The maximum Gasteiger partial charge on any atom is 0.167 e. The van der Waals surface area contributed by atoms with Gasteiger partial charge in [0.1, 0.15) is 0 Å². The Labute approximate surface area is 91.5 Å². The van der Waals surface area contributed by atoms with Crippen LogP contribution in [0.5, 0.6) is 11.5 Å². The molecule has 0 aliphatic heterocycles. The molecule has 0 fully saturated rings. The zero-order valence-corrected chi connectivity index (χ0v) is 9.83. The average molecular weight is 206 g/mol. The lowest BCUT2D eigenvalue weighted by atomic mass is 10.1. The van der Waals surface area contributed by atoms with Gasteiger partial charge in [-0.2, -0.15) is 0 Å². The third-order valence-electron chi connectivity index (χ3n) is 2.08. The van der Waals surface area contributed by atoms with Crippen LogP contribution in [0, 0.1) is 6.92 Å². The van der Waals surface area contributed by atoms with Gasteiger partial charge >= 0.3 is 0 Å². The molecule has 82 valence electrons. The summed E-state index contributed by atoms with van der Waals surface area (Å²) >= 11 is 0. The number of rotatable bonds is 4. The monoisotopic (exact) mass is 206 g/mol. The lowest BCUT2D eigenvalue weighted by Gasteiger charge is -2.13. The quantitative estimate of drug-likeness (QED) is 0.751. The van der Waals surface area contributed by atoms with Crippen molar-refractivity contribution in [2.24, 2.45) is 0 Å². The van der Waals surface area contributed by atoms with Crippen molar-refractivity contribution in [3.05, 3.63) is 29.3 Å². The standard InChI is InChI=1S/C13H18O2/c1-5-7-11-8-10(3)9-12(15-6-2)13(11)14-4/h5,7-9H,6H2,1-4H3/b7-5+. The van der Waals surface area contributed by atoms with E-state index in [2.05, 4.69) is 13.0 Å². The highest BCUT2D eigenvalue weighted by atomic mass is 16.5. The van der Waals surface area contributed by atoms with Gasteiger partial charge in [0, 0.05) is 5.56 Å². The summed E-state index contributed by atoms with van der Waals surface area (Å²) in [5, 5.41) is 0. The molecule has 1 aromatic rings. The van der Waals surface area contributed by atoms with Crippen LogP contribution < -0.4 is 9.47 Å². The van der Waals surface area contributed by atoms with E-state index in [9.17, 15) is 0 Å². The Kier molecular flexibility index (Phi) is 4.22. The maximum atomic E-state index is 5.54. The van der Waals surface area contributed by atoms with Crippen LogP contribution in [0.3, 0.4) is 0 Å². The van der Waals surface area contributed by atoms with Crippen LogP contribution >= 0.6 is 0 Å². The summed E-state index contributed by atoms with van der Waals surface area (Å²) in [6, 6.07) is 4.08. The van der Waals surface area contributed by atoms with E-state index in [0.29, 0.717) is 6.61 Å². The smallest absolute Gasteiger partial charge is 0.167 e. The average Bonchev–Trinajstić information content (AvgIpc) is 2.18. The van der Waals surface area contributed by atoms with Gasteiger partial charge in [0.25, 0.3) is 0 Å². The highest BCUT2D eigenvalue weighted by Crippen LogP contribution is 2.33. The molecular weight excluding hydrogens is 188 g/mol. The van der Waals surface area contributed by atoms with Crippen LogP contribution in [0.2, 0.25) is 0 Å². The molecule has 15 heavy (non-hydrogen) atoms. The molecule has 0 amide bonds. The summed E-state index contributed by atoms with van der Waals surface area (Å²) in [6.07, 6.45) is 4.02. The molecule has 1 aromatic carbocycles. The first-order chi connectivity index (χ1) is 7.22. The van der Waals surface area contributed by atoms with E-state index in [1.165, 1.54) is 5.56 Å². The van der Waals surface area contributed by atoms with E-state index in [4.69, 9.17) is 9.47 Å². The number of ether oxygens (including phenoxy) is 2. The van der Waals surface area contributed by atoms with Crippen LogP contribution in [-0.2, 0) is 0 Å². The van der Waals surface area contributed by atoms with Gasteiger partial charge < -0.3 is 9.47 Å². The molecule has 0 radical (unpaired) electrons. The fourth-order valence-corrected chi connectivity index (χ4v) is 1.55. The fraction of sp³-hybridized carbons (Fsp3) is 0.385. The molecule has 0 aliphatic carbocycles. The summed E-state index contributed by atoms with van der Waals surface area (Å²) in [5.41, 5.74) is 2.23. The van der Waals surface area contributed by atoms with Gasteiger partial charge in [0.15, 0.2) is 11.5 Å². The lowest BCUT2D eigenvalue weighted by molar-refractivity contribution is 0.310. The zero-order chi connectivity index (χ0) is 11.3. The number of hydrogen-bond acceptors (Lipinski definition) is 2. The highest BCUT2D eigenvalue weighted by Gasteiger charge is 2.08. The largest absolute Gasteiger partial charge is 0.492 e. The number of benzene rings is 1. The van der Waals surface area contributed by atoms with Crippen molar-refractivity contribution in [1.82, 2.24) is 0 Å². The SMILES string of the molecule is C/C=C/c1cc(C)cc(OCC)c1OC. The molecule has 0 unspecified atom stereocenters. The number of hydrogen-bond donors (Lipinski definition) is 0. The van der Waals surface area contributed by atoms with Crippen molar-refractivity contribution in [2.45, 2.75) is 20.8 Å². The van der Waals surface area contributed by atoms with Crippen molar-refractivity contribution in [3.63, 3.8) is 0 Å². The van der Waals surface area contributed by atoms with E-state index >= 15 is 0 Å². The van der Waals surface area contributed by atoms with Crippen molar-refractivity contribution in [2.75, 3.05) is 13.7 Å². The van der Waals surface area contributed by atoms with E-state index < -0.39 is 0 Å². The van der Waals surface area contributed by atoms with E-state index in [0.717, 1.165) is 17.1 Å². The summed E-state index contributed by atoms with van der Waals surface area (Å²) in [5.74, 6) is 1.62. The van der Waals surface area contributed by atoms with E-state index in [1.807, 2.05) is 32.1 Å². The van der Waals surface area contributed by atoms with Gasteiger partial charge in [-0.1, -0.05) is 12.2 Å². The third kappa shape index (κ3) is 2.75. The van der Waals surface area contributed by atoms with E-state index in [-0.39, 0.29) is 0 Å². The maximum absolute atomic E-state index is 5.54. The van der Waals surface area contributed by atoms with Gasteiger partial charge in [-0.25, -0.2) is 0 Å². The first kappa shape index (κ1) is 11.6. The van der Waals surface area contributed by atoms with Crippen molar-refractivity contribution < 1.29 is 9.47 Å². The molecule has 1 rings (SSSR count). The predicted octanol–water partition coefficient (Wildman–Crippen LogP) is 3.44. The van der Waals surface area contributed by atoms with Gasteiger partial charge in [0.05, 0.1) is 13.7 Å². The van der Waals surface area contributed by atoms with Crippen LogP contribution in [0.4, 0.5) is 0 Å². The lowest BCUT2D eigenvalue weighted by Crippen LogP contribution is -1.97. The molecule has 0 bridgehead atoms.